The molecule has 0 aromatic heterocycles. The number of hydrogen-bond donors (Lipinski definition) is 1. The Labute approximate surface area is 190 Å². The third kappa shape index (κ3) is 5.37. The first-order valence-electron chi connectivity index (χ1n) is 10.8. The van der Waals surface area contributed by atoms with Crippen LogP contribution in [0.4, 0.5) is 0 Å². The van der Waals surface area contributed by atoms with E-state index in [1.807, 2.05) is 45.0 Å². The molecule has 0 aliphatic carbocycles. The fourth-order valence-electron chi connectivity index (χ4n) is 3.73. The van der Waals surface area contributed by atoms with Gasteiger partial charge in [-0.1, -0.05) is 55.8 Å². The van der Waals surface area contributed by atoms with Gasteiger partial charge in [-0.15, -0.1) is 0 Å². The molecule has 1 saturated heterocycles. The number of aryl methyl sites for hydroxylation is 1. The first kappa shape index (κ1) is 23.9. The number of amides is 2. The van der Waals surface area contributed by atoms with E-state index in [0.717, 1.165) is 16.7 Å². The van der Waals surface area contributed by atoms with Crippen molar-refractivity contribution in [2.75, 3.05) is 19.6 Å². The van der Waals surface area contributed by atoms with Crippen LogP contribution >= 0.6 is 0 Å². The lowest BCUT2D eigenvalue weighted by atomic mass is 10.0. The minimum Gasteiger partial charge on any atom is -0.351 e. The quantitative estimate of drug-likeness (QED) is 0.723. The molecular weight excluding hydrogens is 426 g/mol. The minimum absolute atomic E-state index is 0.0262. The predicted octanol–water partition coefficient (Wildman–Crippen LogP) is 2.66. The van der Waals surface area contributed by atoms with E-state index >= 15 is 0 Å². The SMILES string of the molecule is CC(=O)N1CCN(S(=O)(=O)c2ccc(C(C)C)cc2)C(C(=O)NCc2ccc(C)cc2)C1. The molecule has 32 heavy (non-hydrogen) atoms. The van der Waals surface area contributed by atoms with Gasteiger partial charge in [0.25, 0.3) is 0 Å². The van der Waals surface area contributed by atoms with Gasteiger partial charge < -0.3 is 10.2 Å². The molecule has 172 valence electrons. The number of nitrogens with one attached hydrogen (secondary N) is 1. The molecule has 1 aliphatic heterocycles. The second-order valence-electron chi connectivity index (χ2n) is 8.52. The number of hydrogen-bond acceptors (Lipinski definition) is 4. The maximum absolute atomic E-state index is 13.4. The Morgan fingerprint density at radius 2 is 1.66 bits per heavy atom. The maximum atomic E-state index is 13.4. The van der Waals surface area contributed by atoms with Crippen LogP contribution in [0, 0.1) is 6.92 Å². The Kier molecular flexibility index (Phi) is 7.36. The number of piperazine rings is 1. The van der Waals surface area contributed by atoms with Crippen molar-refractivity contribution in [2.24, 2.45) is 0 Å². The second kappa shape index (κ2) is 9.83. The zero-order valence-electron chi connectivity index (χ0n) is 19.0. The van der Waals surface area contributed by atoms with Gasteiger partial charge >= 0.3 is 0 Å². The first-order valence-corrected chi connectivity index (χ1v) is 12.2. The smallest absolute Gasteiger partial charge is 0.243 e. The molecule has 1 atom stereocenters. The van der Waals surface area contributed by atoms with E-state index in [0.29, 0.717) is 0 Å². The van der Waals surface area contributed by atoms with Crippen molar-refractivity contribution in [3.8, 4) is 0 Å². The second-order valence-corrected chi connectivity index (χ2v) is 10.4. The van der Waals surface area contributed by atoms with Crippen LogP contribution in [0.25, 0.3) is 0 Å². The summed E-state index contributed by atoms with van der Waals surface area (Å²) >= 11 is 0. The van der Waals surface area contributed by atoms with Crippen molar-refractivity contribution in [1.82, 2.24) is 14.5 Å². The first-order chi connectivity index (χ1) is 15.1. The van der Waals surface area contributed by atoms with Crippen LogP contribution in [-0.4, -0.2) is 55.1 Å². The number of carbonyl (C=O) groups is 2. The molecule has 0 radical (unpaired) electrons. The molecule has 2 amide bonds. The van der Waals surface area contributed by atoms with Gasteiger partial charge in [-0.2, -0.15) is 4.31 Å². The van der Waals surface area contributed by atoms with Gasteiger partial charge in [0.1, 0.15) is 6.04 Å². The molecule has 0 saturated carbocycles. The number of carbonyl (C=O) groups excluding carboxylic acids is 2. The van der Waals surface area contributed by atoms with E-state index in [4.69, 9.17) is 0 Å². The molecule has 1 fully saturated rings. The van der Waals surface area contributed by atoms with Crippen LogP contribution in [0.2, 0.25) is 0 Å². The van der Waals surface area contributed by atoms with Crippen molar-refractivity contribution < 1.29 is 18.0 Å². The highest BCUT2D eigenvalue weighted by Crippen LogP contribution is 2.24. The van der Waals surface area contributed by atoms with Crippen LogP contribution in [0.1, 0.15) is 43.4 Å². The van der Waals surface area contributed by atoms with Gasteiger partial charge in [0.15, 0.2) is 0 Å². The highest BCUT2D eigenvalue weighted by Gasteiger charge is 2.40. The maximum Gasteiger partial charge on any atom is 0.243 e. The Bertz CT molecular complexity index is 1060. The lowest BCUT2D eigenvalue weighted by molar-refractivity contribution is -0.134. The molecule has 3 rings (SSSR count). The number of nitrogens with zero attached hydrogens (tertiary/aromatic N) is 2. The van der Waals surface area contributed by atoms with E-state index in [1.165, 1.54) is 16.1 Å². The molecule has 1 aliphatic rings. The number of rotatable bonds is 6. The summed E-state index contributed by atoms with van der Waals surface area (Å²) in [5, 5.41) is 2.84. The van der Waals surface area contributed by atoms with Gasteiger partial charge in [-0.3, -0.25) is 9.59 Å². The van der Waals surface area contributed by atoms with Gasteiger partial charge in [0.05, 0.1) is 4.90 Å². The Morgan fingerprint density at radius 3 is 2.22 bits per heavy atom. The highest BCUT2D eigenvalue weighted by molar-refractivity contribution is 7.89. The van der Waals surface area contributed by atoms with E-state index < -0.39 is 22.0 Å². The van der Waals surface area contributed by atoms with Crippen molar-refractivity contribution in [1.29, 1.82) is 0 Å². The fourth-order valence-corrected chi connectivity index (χ4v) is 5.30. The highest BCUT2D eigenvalue weighted by atomic mass is 32.2. The molecule has 2 aromatic rings. The van der Waals surface area contributed by atoms with E-state index in [-0.39, 0.29) is 42.9 Å². The fraction of sp³-hybridized carbons (Fsp3) is 0.417. The van der Waals surface area contributed by atoms with E-state index in [9.17, 15) is 18.0 Å². The van der Waals surface area contributed by atoms with Crippen molar-refractivity contribution in [3.05, 3.63) is 65.2 Å². The number of sulfonamides is 1. The van der Waals surface area contributed by atoms with Crippen LogP contribution in [0.3, 0.4) is 0 Å². The summed E-state index contributed by atoms with van der Waals surface area (Å²) in [5.74, 6) is -0.315. The Morgan fingerprint density at radius 1 is 1.03 bits per heavy atom. The summed E-state index contributed by atoms with van der Waals surface area (Å²) in [4.78, 5) is 26.7. The van der Waals surface area contributed by atoms with Crippen LogP contribution < -0.4 is 5.32 Å². The van der Waals surface area contributed by atoms with E-state index in [2.05, 4.69) is 5.32 Å². The monoisotopic (exact) mass is 457 g/mol. The van der Waals surface area contributed by atoms with Crippen LogP contribution in [-0.2, 0) is 26.2 Å². The summed E-state index contributed by atoms with van der Waals surface area (Å²) in [6, 6.07) is 13.5. The molecule has 2 aromatic carbocycles. The predicted molar refractivity (Wildman–Crippen MR) is 123 cm³/mol. The average molecular weight is 458 g/mol. The van der Waals surface area contributed by atoms with Crippen molar-refractivity contribution in [2.45, 2.75) is 51.1 Å². The zero-order valence-corrected chi connectivity index (χ0v) is 19.9. The third-order valence-electron chi connectivity index (χ3n) is 5.82. The lowest BCUT2D eigenvalue weighted by Crippen LogP contribution is -2.61. The summed E-state index contributed by atoms with van der Waals surface area (Å²) in [5.41, 5.74) is 3.07. The van der Waals surface area contributed by atoms with Gasteiger partial charge in [-0.05, 0) is 36.1 Å². The van der Waals surface area contributed by atoms with Gasteiger partial charge in [-0.25, -0.2) is 8.42 Å². The Hall–Kier alpha value is -2.71. The summed E-state index contributed by atoms with van der Waals surface area (Å²) < 4.78 is 28.1. The Balaban J connectivity index is 1.83. The number of benzene rings is 2. The molecule has 7 nitrogen and oxygen atoms in total. The topological polar surface area (TPSA) is 86.8 Å². The zero-order chi connectivity index (χ0) is 23.5. The van der Waals surface area contributed by atoms with Crippen LogP contribution in [0.15, 0.2) is 53.4 Å². The van der Waals surface area contributed by atoms with Crippen molar-refractivity contribution in [3.63, 3.8) is 0 Å². The van der Waals surface area contributed by atoms with Gasteiger partial charge in [0, 0.05) is 33.1 Å². The third-order valence-corrected chi connectivity index (χ3v) is 7.74. The molecule has 0 spiro atoms. The van der Waals surface area contributed by atoms with Gasteiger partial charge in [0.2, 0.25) is 21.8 Å². The summed E-state index contributed by atoms with van der Waals surface area (Å²) in [7, 11) is -3.90. The average Bonchev–Trinajstić information content (AvgIpc) is 2.78. The molecule has 1 unspecified atom stereocenters. The largest absolute Gasteiger partial charge is 0.351 e. The normalized spacial score (nSPS) is 17.4. The standard InChI is InChI=1S/C24H31N3O4S/c1-17(2)21-9-11-22(12-10-21)32(30,31)27-14-13-26(19(4)28)16-23(27)24(29)25-15-20-7-5-18(3)6-8-20/h5-12,17,23H,13-16H2,1-4H3,(H,25,29). The minimum atomic E-state index is -3.90. The lowest BCUT2D eigenvalue weighted by Gasteiger charge is -2.39. The summed E-state index contributed by atoms with van der Waals surface area (Å²) in [6.45, 7) is 8.12. The van der Waals surface area contributed by atoms with Crippen LogP contribution in [0.5, 0.6) is 0 Å². The molecule has 1 heterocycles. The summed E-state index contributed by atoms with van der Waals surface area (Å²) in [6.07, 6.45) is 0. The van der Waals surface area contributed by atoms with E-state index in [1.54, 1.807) is 24.3 Å². The van der Waals surface area contributed by atoms with Crippen molar-refractivity contribution >= 4 is 21.8 Å². The molecule has 0 bridgehead atoms. The molecular formula is C24H31N3O4S. The molecule has 1 N–H and O–H groups in total. The molecule has 8 heteroatoms.